The Labute approximate surface area is 139 Å². The number of halogens is 1. The number of hydrogen-bond acceptors (Lipinski definition) is 3. The zero-order valence-corrected chi connectivity index (χ0v) is 13.6. The molecule has 0 aliphatic rings. The van der Waals surface area contributed by atoms with E-state index >= 15 is 0 Å². The minimum Gasteiger partial charge on any atom is -0.508 e. The first-order valence-corrected chi connectivity index (χ1v) is 8.67. The largest absolute Gasteiger partial charge is 0.508 e. The summed E-state index contributed by atoms with van der Waals surface area (Å²) in [4.78, 5) is 11.8. The van der Waals surface area contributed by atoms with Crippen molar-refractivity contribution < 1.29 is 14.3 Å². The Morgan fingerprint density at radius 2 is 1.78 bits per heavy atom. The summed E-state index contributed by atoms with van der Waals surface area (Å²) in [6.07, 6.45) is 0.858. The highest BCUT2D eigenvalue weighted by atomic mass is 32.2. The molecule has 0 heterocycles. The van der Waals surface area contributed by atoms with Gasteiger partial charge in [0.2, 0.25) is 5.91 Å². The van der Waals surface area contributed by atoms with Crippen molar-refractivity contribution in [3.8, 4) is 5.75 Å². The molecule has 0 radical (unpaired) electrons. The van der Waals surface area contributed by atoms with Gasteiger partial charge in [-0.05, 0) is 29.7 Å². The van der Waals surface area contributed by atoms with Crippen LogP contribution in [0.3, 0.4) is 0 Å². The Balaban J connectivity index is 1.60. The number of nitrogens with one attached hydrogen (secondary N) is 1. The second-order valence-corrected chi connectivity index (χ2v) is 6.23. The van der Waals surface area contributed by atoms with Crippen molar-refractivity contribution in [2.24, 2.45) is 0 Å². The molecule has 2 aromatic rings. The maximum atomic E-state index is 13.4. The monoisotopic (exact) mass is 333 g/mol. The van der Waals surface area contributed by atoms with Crippen LogP contribution in [0.4, 0.5) is 4.39 Å². The van der Waals surface area contributed by atoms with Crippen LogP contribution in [0.2, 0.25) is 0 Å². The molecule has 2 rings (SSSR count). The quantitative estimate of drug-likeness (QED) is 0.727. The van der Waals surface area contributed by atoms with Crippen LogP contribution in [0.25, 0.3) is 0 Å². The molecule has 1 amide bonds. The van der Waals surface area contributed by atoms with Crippen LogP contribution >= 0.6 is 11.8 Å². The van der Waals surface area contributed by atoms with Crippen LogP contribution in [0.5, 0.6) is 5.75 Å². The second kappa shape index (κ2) is 9.20. The number of hydrogen-bond donors (Lipinski definition) is 2. The fraction of sp³-hybridized carbons (Fsp3) is 0.278. The maximum Gasteiger partial charge on any atom is 0.220 e. The van der Waals surface area contributed by atoms with E-state index in [0.717, 1.165) is 11.3 Å². The highest BCUT2D eigenvalue weighted by Crippen LogP contribution is 2.17. The van der Waals surface area contributed by atoms with Crippen molar-refractivity contribution in [1.29, 1.82) is 0 Å². The first-order chi connectivity index (χ1) is 11.2. The van der Waals surface area contributed by atoms with Gasteiger partial charge in [0.15, 0.2) is 0 Å². The minimum absolute atomic E-state index is 0.0419. The molecule has 0 unspecified atom stereocenters. The zero-order valence-electron chi connectivity index (χ0n) is 12.8. The predicted molar refractivity (Wildman–Crippen MR) is 92.0 cm³/mol. The summed E-state index contributed by atoms with van der Waals surface area (Å²) in [5.41, 5.74) is 1.46. The van der Waals surface area contributed by atoms with Gasteiger partial charge in [-0.25, -0.2) is 4.39 Å². The first-order valence-electron chi connectivity index (χ1n) is 7.51. The van der Waals surface area contributed by atoms with E-state index in [4.69, 9.17) is 0 Å². The van der Waals surface area contributed by atoms with Crippen molar-refractivity contribution in [2.45, 2.75) is 18.6 Å². The summed E-state index contributed by atoms with van der Waals surface area (Å²) in [6, 6.07) is 13.7. The van der Waals surface area contributed by atoms with Gasteiger partial charge in [-0.2, -0.15) is 11.8 Å². The molecule has 23 heavy (non-hydrogen) atoms. The third-order valence-corrected chi connectivity index (χ3v) is 4.40. The molecule has 0 aromatic heterocycles. The number of carbonyl (C=O) groups excluding carboxylic acids is 1. The van der Waals surface area contributed by atoms with Crippen LogP contribution in [0.1, 0.15) is 17.5 Å². The van der Waals surface area contributed by atoms with Crippen molar-refractivity contribution in [3.05, 3.63) is 65.5 Å². The minimum atomic E-state index is -0.188. The number of rotatable bonds is 8. The van der Waals surface area contributed by atoms with Crippen molar-refractivity contribution in [2.75, 3.05) is 12.3 Å². The summed E-state index contributed by atoms with van der Waals surface area (Å²) in [7, 11) is 0. The van der Waals surface area contributed by atoms with Gasteiger partial charge in [-0.15, -0.1) is 0 Å². The highest BCUT2D eigenvalue weighted by Gasteiger charge is 2.05. The molecule has 0 aliphatic heterocycles. The average Bonchev–Trinajstić information content (AvgIpc) is 2.55. The number of thioether (sulfide) groups is 1. The van der Waals surface area contributed by atoms with E-state index in [1.807, 2.05) is 18.2 Å². The molecule has 5 heteroatoms. The lowest BCUT2D eigenvalue weighted by atomic mass is 10.1. The molecule has 2 aromatic carbocycles. The number of para-hydroxylation sites is 1. The number of aromatic hydroxyl groups is 1. The van der Waals surface area contributed by atoms with Gasteiger partial charge in [0.1, 0.15) is 11.6 Å². The molecular formula is C18H20FNO2S. The fourth-order valence-electron chi connectivity index (χ4n) is 2.12. The molecule has 2 N–H and O–H groups in total. The lowest BCUT2D eigenvalue weighted by Crippen LogP contribution is -2.25. The Morgan fingerprint density at radius 1 is 1.09 bits per heavy atom. The van der Waals surface area contributed by atoms with Gasteiger partial charge >= 0.3 is 0 Å². The van der Waals surface area contributed by atoms with Gasteiger partial charge in [0.25, 0.3) is 0 Å². The van der Waals surface area contributed by atoms with Gasteiger partial charge in [-0.1, -0.05) is 36.4 Å². The molecule has 0 spiro atoms. The third-order valence-electron chi connectivity index (χ3n) is 3.40. The number of benzene rings is 2. The van der Waals surface area contributed by atoms with E-state index in [1.54, 1.807) is 36.0 Å². The lowest BCUT2D eigenvalue weighted by Gasteiger charge is -2.07. The van der Waals surface area contributed by atoms with E-state index in [-0.39, 0.29) is 17.5 Å². The van der Waals surface area contributed by atoms with E-state index in [0.29, 0.717) is 30.7 Å². The van der Waals surface area contributed by atoms with Crippen molar-refractivity contribution >= 4 is 17.7 Å². The summed E-state index contributed by atoms with van der Waals surface area (Å²) in [6.45, 7) is 0.554. The number of phenolic OH excluding ortho intramolecular Hbond substituents is 1. The average molecular weight is 333 g/mol. The van der Waals surface area contributed by atoms with Gasteiger partial charge in [0, 0.05) is 24.5 Å². The predicted octanol–water partition coefficient (Wildman–Crippen LogP) is 3.51. The first kappa shape index (κ1) is 17.3. The van der Waals surface area contributed by atoms with Crippen LogP contribution < -0.4 is 5.32 Å². The number of aryl methyl sites for hydroxylation is 1. The lowest BCUT2D eigenvalue weighted by molar-refractivity contribution is -0.120. The maximum absolute atomic E-state index is 13.4. The Bertz CT molecular complexity index is 648. The molecule has 0 atom stereocenters. The summed E-state index contributed by atoms with van der Waals surface area (Å²) < 4.78 is 13.4. The Morgan fingerprint density at radius 3 is 2.52 bits per heavy atom. The second-order valence-electron chi connectivity index (χ2n) is 5.12. The van der Waals surface area contributed by atoms with E-state index in [9.17, 15) is 14.3 Å². The van der Waals surface area contributed by atoms with Crippen molar-refractivity contribution in [3.63, 3.8) is 0 Å². The molecular weight excluding hydrogens is 313 g/mol. The van der Waals surface area contributed by atoms with Crippen molar-refractivity contribution in [1.82, 2.24) is 5.32 Å². The molecule has 0 aliphatic carbocycles. The summed E-state index contributed by atoms with van der Waals surface area (Å²) in [5.74, 6) is 1.32. The van der Waals surface area contributed by atoms with Crippen LogP contribution in [-0.4, -0.2) is 23.3 Å². The van der Waals surface area contributed by atoms with Gasteiger partial charge < -0.3 is 10.4 Å². The molecule has 122 valence electrons. The molecule has 0 saturated heterocycles. The Kier molecular flexibility index (Phi) is 6.94. The summed E-state index contributed by atoms with van der Waals surface area (Å²) in [5, 5.41) is 12.5. The van der Waals surface area contributed by atoms with E-state index < -0.39 is 0 Å². The smallest absolute Gasteiger partial charge is 0.220 e. The van der Waals surface area contributed by atoms with Crippen LogP contribution in [0, 0.1) is 5.82 Å². The van der Waals surface area contributed by atoms with Gasteiger partial charge in [-0.3, -0.25) is 4.79 Å². The number of amides is 1. The number of phenols is 1. The Hall–Kier alpha value is -2.01. The normalized spacial score (nSPS) is 10.5. The fourth-order valence-corrected chi connectivity index (χ4v) is 2.96. The SMILES string of the molecule is O=C(CCc1ccccc1O)NCCSCc1ccccc1F. The molecule has 0 fully saturated rings. The number of carbonyl (C=O) groups is 1. The van der Waals surface area contributed by atoms with Crippen LogP contribution in [0.15, 0.2) is 48.5 Å². The topological polar surface area (TPSA) is 49.3 Å². The summed E-state index contributed by atoms with van der Waals surface area (Å²) >= 11 is 1.58. The molecule has 0 bridgehead atoms. The van der Waals surface area contributed by atoms with Gasteiger partial charge in [0.05, 0.1) is 0 Å². The highest BCUT2D eigenvalue weighted by molar-refractivity contribution is 7.98. The molecule has 3 nitrogen and oxygen atoms in total. The van der Waals surface area contributed by atoms with E-state index in [2.05, 4.69) is 5.32 Å². The van der Waals surface area contributed by atoms with E-state index in [1.165, 1.54) is 6.07 Å². The standard InChI is InChI=1S/C18H20FNO2S/c19-16-7-3-1-6-15(16)13-23-12-11-20-18(22)10-9-14-5-2-4-8-17(14)21/h1-8,21H,9-13H2,(H,20,22). The van der Waals surface area contributed by atoms with Crippen LogP contribution in [-0.2, 0) is 17.0 Å². The third kappa shape index (κ3) is 5.94. The molecule has 0 saturated carbocycles. The zero-order chi connectivity index (χ0) is 16.5.